The van der Waals surface area contributed by atoms with Crippen LogP contribution in [0, 0.1) is 12.7 Å². The summed E-state index contributed by atoms with van der Waals surface area (Å²) in [5, 5.41) is 15.9. The first-order chi connectivity index (χ1) is 15.9. The van der Waals surface area contributed by atoms with Crippen molar-refractivity contribution in [2.24, 2.45) is 7.05 Å². The molecule has 0 fully saturated rings. The third kappa shape index (κ3) is 3.85. The van der Waals surface area contributed by atoms with Gasteiger partial charge in [-0.3, -0.25) is 14.2 Å². The molecule has 0 saturated carbocycles. The van der Waals surface area contributed by atoms with Crippen LogP contribution < -0.4 is 5.32 Å². The number of amides is 1. The van der Waals surface area contributed by atoms with Crippen LogP contribution in [-0.2, 0) is 13.6 Å². The maximum absolute atomic E-state index is 13.9. The average Bonchev–Trinajstić information content (AvgIpc) is 3.48. The van der Waals surface area contributed by atoms with Crippen LogP contribution in [0.15, 0.2) is 55.0 Å². The first kappa shape index (κ1) is 20.8. The van der Waals surface area contributed by atoms with E-state index in [-0.39, 0.29) is 28.9 Å². The van der Waals surface area contributed by atoms with E-state index in [2.05, 4.69) is 25.6 Å². The molecule has 1 aromatic carbocycles. The zero-order valence-corrected chi connectivity index (χ0v) is 18.5. The predicted molar refractivity (Wildman–Crippen MR) is 121 cm³/mol. The van der Waals surface area contributed by atoms with E-state index in [1.54, 1.807) is 45.9 Å². The summed E-state index contributed by atoms with van der Waals surface area (Å²) in [6.45, 7) is 2.12. The number of halogens is 2. The van der Waals surface area contributed by atoms with Gasteiger partial charge in [0.15, 0.2) is 17.2 Å². The number of carbonyl (C=O) groups is 1. The fourth-order valence-electron chi connectivity index (χ4n) is 3.50. The van der Waals surface area contributed by atoms with Gasteiger partial charge >= 0.3 is 0 Å². The molecule has 0 aliphatic rings. The third-order valence-electron chi connectivity index (χ3n) is 5.34. The monoisotopic (exact) mass is 464 g/mol. The second-order valence-electron chi connectivity index (χ2n) is 7.47. The van der Waals surface area contributed by atoms with E-state index in [1.807, 2.05) is 20.0 Å². The molecular formula is C22H18ClFN8O. The van der Waals surface area contributed by atoms with E-state index in [4.69, 9.17) is 11.6 Å². The van der Waals surface area contributed by atoms with E-state index >= 15 is 0 Å². The van der Waals surface area contributed by atoms with Crippen LogP contribution in [0.5, 0.6) is 0 Å². The molecular weight excluding hydrogens is 447 g/mol. The summed E-state index contributed by atoms with van der Waals surface area (Å²) in [4.78, 5) is 17.2. The molecule has 0 unspecified atom stereocenters. The number of rotatable bonds is 5. The van der Waals surface area contributed by atoms with Crippen molar-refractivity contribution >= 4 is 29.0 Å². The van der Waals surface area contributed by atoms with Crippen molar-refractivity contribution < 1.29 is 9.18 Å². The highest BCUT2D eigenvalue weighted by molar-refractivity contribution is 6.33. The Labute approximate surface area is 192 Å². The van der Waals surface area contributed by atoms with E-state index in [0.717, 1.165) is 17.0 Å². The Morgan fingerprint density at radius 1 is 1.21 bits per heavy atom. The number of fused-ring (bicyclic) bond motifs is 1. The summed E-state index contributed by atoms with van der Waals surface area (Å²) in [5.41, 5.74) is 3.72. The number of nitrogens with one attached hydrogen (secondary N) is 1. The van der Waals surface area contributed by atoms with Gasteiger partial charge in [-0.1, -0.05) is 29.8 Å². The highest BCUT2D eigenvalue weighted by atomic mass is 35.5. The number of aromatic nitrogens is 7. The van der Waals surface area contributed by atoms with Crippen LogP contribution in [0.25, 0.3) is 16.9 Å². The maximum Gasteiger partial charge on any atom is 0.277 e. The minimum absolute atomic E-state index is 0.149. The standard InChI is InChI=1S/C22H18ClFN8O/c1-13-15(10-26-30(13)2)19-7-8-25-20-9-18(28-32(19)20)22(33)27-21-16(23)12-31(29-21)11-14-5-3-4-6-17(14)24/h3-10,12H,11H2,1-2H3,(H,27,29,33). The first-order valence-corrected chi connectivity index (χ1v) is 10.4. The van der Waals surface area contributed by atoms with E-state index < -0.39 is 5.91 Å². The number of carbonyl (C=O) groups excluding carboxylic acids is 1. The summed E-state index contributed by atoms with van der Waals surface area (Å²) < 4.78 is 18.8. The van der Waals surface area contributed by atoms with Gasteiger partial charge < -0.3 is 5.32 Å². The van der Waals surface area contributed by atoms with Crippen molar-refractivity contribution in [2.45, 2.75) is 13.5 Å². The summed E-state index contributed by atoms with van der Waals surface area (Å²) in [6, 6.07) is 9.79. The van der Waals surface area contributed by atoms with Crippen LogP contribution in [-0.4, -0.2) is 40.1 Å². The number of anilines is 1. The molecule has 5 aromatic rings. The lowest BCUT2D eigenvalue weighted by molar-refractivity contribution is 0.102. The molecule has 0 saturated heterocycles. The molecule has 9 nitrogen and oxygen atoms in total. The Morgan fingerprint density at radius 3 is 2.79 bits per heavy atom. The van der Waals surface area contributed by atoms with Gasteiger partial charge in [0.1, 0.15) is 10.8 Å². The summed E-state index contributed by atoms with van der Waals surface area (Å²) >= 11 is 6.25. The smallest absolute Gasteiger partial charge is 0.277 e. The number of nitrogens with zero attached hydrogens (tertiary/aromatic N) is 7. The van der Waals surface area contributed by atoms with Gasteiger partial charge in [-0.2, -0.15) is 15.3 Å². The van der Waals surface area contributed by atoms with Gasteiger partial charge in [-0.05, 0) is 19.1 Å². The van der Waals surface area contributed by atoms with Crippen molar-refractivity contribution in [3.63, 3.8) is 0 Å². The molecule has 1 amide bonds. The van der Waals surface area contributed by atoms with Crippen LogP contribution in [0.2, 0.25) is 5.02 Å². The predicted octanol–water partition coefficient (Wildman–Crippen LogP) is 3.73. The summed E-state index contributed by atoms with van der Waals surface area (Å²) in [5.74, 6) is -0.676. The Hall–Kier alpha value is -4.05. The molecule has 1 N–H and O–H groups in total. The Balaban J connectivity index is 1.41. The average molecular weight is 465 g/mol. The summed E-state index contributed by atoms with van der Waals surface area (Å²) in [7, 11) is 1.86. The molecule has 0 aliphatic carbocycles. The number of hydrogen-bond donors (Lipinski definition) is 1. The normalized spacial score (nSPS) is 11.3. The number of benzene rings is 1. The topological polar surface area (TPSA) is 94.9 Å². The largest absolute Gasteiger partial charge is 0.302 e. The lowest BCUT2D eigenvalue weighted by Gasteiger charge is -2.04. The molecule has 0 aliphatic heterocycles. The van der Waals surface area contributed by atoms with Gasteiger partial charge in [-0.25, -0.2) is 13.9 Å². The van der Waals surface area contributed by atoms with Crippen LogP contribution >= 0.6 is 11.6 Å². The zero-order chi connectivity index (χ0) is 23.1. The van der Waals surface area contributed by atoms with Gasteiger partial charge in [0.05, 0.1) is 18.4 Å². The minimum atomic E-state index is -0.493. The molecule has 33 heavy (non-hydrogen) atoms. The van der Waals surface area contributed by atoms with E-state index in [0.29, 0.717) is 11.2 Å². The Bertz CT molecular complexity index is 1500. The highest BCUT2D eigenvalue weighted by Crippen LogP contribution is 2.24. The zero-order valence-electron chi connectivity index (χ0n) is 17.7. The molecule has 11 heteroatoms. The quantitative estimate of drug-likeness (QED) is 0.427. The van der Waals surface area contributed by atoms with Crippen molar-refractivity contribution in [3.8, 4) is 11.3 Å². The van der Waals surface area contributed by atoms with E-state index in [1.165, 1.54) is 16.9 Å². The molecule has 4 aromatic heterocycles. The molecule has 0 atom stereocenters. The van der Waals surface area contributed by atoms with Crippen molar-refractivity contribution in [1.29, 1.82) is 0 Å². The molecule has 0 bridgehead atoms. The minimum Gasteiger partial charge on any atom is -0.302 e. The van der Waals surface area contributed by atoms with Crippen molar-refractivity contribution in [2.75, 3.05) is 5.32 Å². The van der Waals surface area contributed by atoms with Crippen LogP contribution in [0.4, 0.5) is 10.2 Å². The number of aryl methyl sites for hydroxylation is 1. The molecule has 5 rings (SSSR count). The van der Waals surface area contributed by atoms with Gasteiger partial charge in [0.2, 0.25) is 0 Å². The van der Waals surface area contributed by atoms with Crippen LogP contribution in [0.1, 0.15) is 21.7 Å². The van der Waals surface area contributed by atoms with E-state index in [9.17, 15) is 9.18 Å². The summed E-state index contributed by atoms with van der Waals surface area (Å²) in [6.07, 6.45) is 4.92. The second kappa shape index (κ2) is 8.14. The molecule has 0 spiro atoms. The SMILES string of the molecule is Cc1c(-c2ccnc3cc(C(=O)Nc4nn(Cc5ccccc5F)cc4Cl)nn23)cnn1C. The van der Waals surface area contributed by atoms with Crippen molar-refractivity contribution in [1.82, 2.24) is 34.2 Å². The third-order valence-corrected chi connectivity index (χ3v) is 5.62. The highest BCUT2D eigenvalue weighted by Gasteiger charge is 2.18. The van der Waals surface area contributed by atoms with Gasteiger partial charge in [-0.15, -0.1) is 0 Å². The van der Waals surface area contributed by atoms with Gasteiger partial charge in [0.25, 0.3) is 5.91 Å². The molecule has 4 heterocycles. The van der Waals surface area contributed by atoms with Crippen molar-refractivity contribution in [3.05, 3.63) is 82.8 Å². The lowest BCUT2D eigenvalue weighted by Crippen LogP contribution is -2.14. The Morgan fingerprint density at radius 2 is 2.03 bits per heavy atom. The maximum atomic E-state index is 13.9. The lowest BCUT2D eigenvalue weighted by atomic mass is 10.2. The van der Waals surface area contributed by atoms with Gasteiger partial charge in [0, 0.05) is 42.3 Å². The second-order valence-corrected chi connectivity index (χ2v) is 7.87. The fourth-order valence-corrected chi connectivity index (χ4v) is 3.69. The number of hydrogen-bond acceptors (Lipinski definition) is 5. The fraction of sp³-hybridized carbons (Fsp3) is 0.136. The Kier molecular flexibility index (Phi) is 5.14. The molecule has 0 radical (unpaired) electrons. The molecule has 166 valence electrons. The van der Waals surface area contributed by atoms with Crippen LogP contribution in [0.3, 0.4) is 0 Å². The first-order valence-electron chi connectivity index (χ1n) is 10.0.